The number of nitrogens with one attached hydrogen (secondary N) is 1. The molecule has 0 saturated carbocycles. The first-order valence-corrected chi connectivity index (χ1v) is 9.30. The maximum atomic E-state index is 12.6. The molecule has 1 amide bonds. The molecule has 0 saturated heterocycles. The predicted octanol–water partition coefficient (Wildman–Crippen LogP) is 3.89. The summed E-state index contributed by atoms with van der Waals surface area (Å²) in [6.45, 7) is 2.16. The minimum atomic E-state index is -0.0970. The number of para-hydroxylation sites is 1. The van der Waals surface area contributed by atoms with E-state index in [1.54, 1.807) is 12.1 Å². The highest BCUT2D eigenvalue weighted by molar-refractivity contribution is 6.34. The van der Waals surface area contributed by atoms with Crippen molar-refractivity contribution < 1.29 is 14.3 Å². The third-order valence-corrected chi connectivity index (χ3v) is 5.01. The number of rotatable bonds is 3. The summed E-state index contributed by atoms with van der Waals surface area (Å²) in [6, 6.07) is 11.7. The van der Waals surface area contributed by atoms with Gasteiger partial charge in [-0.25, -0.2) is 0 Å². The van der Waals surface area contributed by atoms with Crippen LogP contribution in [-0.2, 0) is 11.2 Å². The largest absolute Gasteiger partial charge is 0.486 e. The average Bonchev–Trinajstić information content (AvgIpc) is 2.85. The number of fused-ring (bicyclic) bond motifs is 2. The van der Waals surface area contributed by atoms with Gasteiger partial charge in [0.25, 0.3) is 0 Å². The van der Waals surface area contributed by atoms with Gasteiger partial charge in [-0.05, 0) is 30.9 Å². The Hall–Kier alpha value is -2.40. The molecular formula is C20H21ClN2O3. The fourth-order valence-electron chi connectivity index (χ4n) is 3.46. The predicted molar refractivity (Wildman–Crippen MR) is 103 cm³/mol. The zero-order chi connectivity index (χ0) is 17.9. The van der Waals surface area contributed by atoms with Crippen molar-refractivity contribution in [1.29, 1.82) is 0 Å². The molecule has 0 bridgehead atoms. The molecule has 2 aliphatic rings. The van der Waals surface area contributed by atoms with Crippen molar-refractivity contribution in [2.24, 2.45) is 0 Å². The molecule has 0 atom stereocenters. The van der Waals surface area contributed by atoms with Gasteiger partial charge in [0, 0.05) is 24.4 Å². The van der Waals surface area contributed by atoms with E-state index in [1.165, 1.54) is 5.56 Å². The molecule has 5 nitrogen and oxygen atoms in total. The number of anilines is 2. The number of halogens is 1. The average molecular weight is 373 g/mol. The lowest BCUT2D eigenvalue weighted by Crippen LogP contribution is -2.34. The van der Waals surface area contributed by atoms with E-state index < -0.39 is 0 Å². The molecule has 4 rings (SSSR count). The van der Waals surface area contributed by atoms with E-state index in [-0.39, 0.29) is 5.91 Å². The van der Waals surface area contributed by atoms with Gasteiger partial charge < -0.3 is 19.7 Å². The lowest BCUT2D eigenvalue weighted by molar-refractivity contribution is -0.115. The summed E-state index contributed by atoms with van der Waals surface area (Å²) in [5.74, 6) is 1.12. The van der Waals surface area contributed by atoms with Crippen LogP contribution in [0.1, 0.15) is 18.4 Å². The van der Waals surface area contributed by atoms with Gasteiger partial charge in [0.1, 0.15) is 13.2 Å². The van der Waals surface area contributed by atoms with E-state index in [1.807, 2.05) is 6.07 Å². The zero-order valence-electron chi connectivity index (χ0n) is 14.5. The van der Waals surface area contributed by atoms with Crippen molar-refractivity contribution in [3.63, 3.8) is 0 Å². The summed E-state index contributed by atoms with van der Waals surface area (Å²) < 4.78 is 11.1. The molecule has 0 radical (unpaired) electrons. The molecule has 26 heavy (non-hydrogen) atoms. The summed E-state index contributed by atoms with van der Waals surface area (Å²) in [6.07, 6.45) is 3.28. The van der Waals surface area contributed by atoms with Gasteiger partial charge in [0.05, 0.1) is 17.3 Å². The normalized spacial score (nSPS) is 15.8. The van der Waals surface area contributed by atoms with Crippen molar-refractivity contribution in [2.75, 3.05) is 36.5 Å². The second-order valence-corrected chi connectivity index (χ2v) is 6.94. The van der Waals surface area contributed by atoms with Gasteiger partial charge >= 0.3 is 0 Å². The highest BCUT2D eigenvalue weighted by Gasteiger charge is 2.20. The molecule has 0 aromatic heterocycles. The first-order valence-electron chi connectivity index (χ1n) is 8.92. The van der Waals surface area contributed by atoms with Gasteiger partial charge in [-0.1, -0.05) is 29.8 Å². The number of ether oxygens (including phenoxy) is 2. The first kappa shape index (κ1) is 17.0. The van der Waals surface area contributed by atoms with E-state index in [4.69, 9.17) is 21.1 Å². The quantitative estimate of drug-likeness (QED) is 0.888. The van der Waals surface area contributed by atoms with Crippen LogP contribution in [0.2, 0.25) is 5.02 Å². The number of aryl methyl sites for hydroxylation is 1. The number of carbonyl (C=O) groups excluding carboxylic acids is 1. The molecule has 136 valence electrons. The molecular weight excluding hydrogens is 352 g/mol. The molecule has 2 heterocycles. The highest BCUT2D eigenvalue weighted by atomic mass is 35.5. The second-order valence-electron chi connectivity index (χ2n) is 6.53. The molecule has 2 aromatic rings. The molecule has 0 aliphatic carbocycles. The Balaban J connectivity index is 1.49. The number of amides is 1. The number of carbonyl (C=O) groups is 1. The maximum Gasteiger partial charge on any atom is 0.243 e. The summed E-state index contributed by atoms with van der Waals surface area (Å²) in [5, 5.41) is 3.35. The van der Waals surface area contributed by atoms with Crippen LogP contribution >= 0.6 is 11.6 Å². The molecule has 1 N–H and O–H groups in total. The molecule has 6 heteroatoms. The molecule has 0 unspecified atom stereocenters. The molecule has 0 spiro atoms. The second kappa shape index (κ2) is 7.46. The van der Waals surface area contributed by atoms with Crippen LogP contribution in [0, 0.1) is 0 Å². The van der Waals surface area contributed by atoms with E-state index in [9.17, 15) is 4.79 Å². The third-order valence-electron chi connectivity index (χ3n) is 4.70. The van der Waals surface area contributed by atoms with Gasteiger partial charge in [0.2, 0.25) is 5.91 Å². The Bertz CT molecular complexity index is 825. The number of hydrogen-bond acceptors (Lipinski definition) is 4. The summed E-state index contributed by atoms with van der Waals surface area (Å²) >= 11 is 6.29. The van der Waals surface area contributed by atoms with E-state index >= 15 is 0 Å². The summed E-state index contributed by atoms with van der Waals surface area (Å²) in [4.78, 5) is 14.8. The Morgan fingerprint density at radius 2 is 1.88 bits per heavy atom. The number of hydrogen-bond donors (Lipinski definition) is 1. The smallest absolute Gasteiger partial charge is 0.243 e. The van der Waals surface area contributed by atoms with E-state index in [0.717, 1.165) is 31.5 Å². The highest BCUT2D eigenvalue weighted by Crippen LogP contribution is 2.38. The zero-order valence-corrected chi connectivity index (χ0v) is 15.2. The Labute approximate surface area is 157 Å². The van der Waals surface area contributed by atoms with Crippen LogP contribution in [0.3, 0.4) is 0 Å². The number of benzene rings is 2. The van der Waals surface area contributed by atoms with Gasteiger partial charge in [-0.15, -0.1) is 0 Å². The first-order chi connectivity index (χ1) is 12.7. The molecule has 2 aliphatic heterocycles. The van der Waals surface area contributed by atoms with E-state index in [2.05, 4.69) is 28.4 Å². The van der Waals surface area contributed by atoms with Crippen molar-refractivity contribution >= 4 is 28.9 Å². The van der Waals surface area contributed by atoms with Crippen molar-refractivity contribution in [3.05, 3.63) is 47.0 Å². The minimum absolute atomic E-state index is 0.0970. The van der Waals surface area contributed by atoms with Gasteiger partial charge in [-0.3, -0.25) is 4.79 Å². The Kier molecular flexibility index (Phi) is 4.89. The minimum Gasteiger partial charge on any atom is -0.486 e. The molecule has 2 aromatic carbocycles. The fourth-order valence-corrected chi connectivity index (χ4v) is 3.66. The lowest BCUT2D eigenvalue weighted by atomic mass is 10.1. The SMILES string of the molecule is O=C(CN1CCCCc2ccccc21)Nc1cc2c(cc1Cl)OCCO2. The Morgan fingerprint density at radius 1 is 1.12 bits per heavy atom. The monoisotopic (exact) mass is 372 g/mol. The van der Waals surface area contributed by atoms with Crippen molar-refractivity contribution in [1.82, 2.24) is 0 Å². The standard InChI is InChI=1S/C20H21ClN2O3/c21-15-11-18-19(26-10-9-25-18)12-16(15)22-20(24)13-23-8-4-3-6-14-5-1-2-7-17(14)23/h1-2,5,7,11-12H,3-4,6,8-10,13H2,(H,22,24). The van der Waals surface area contributed by atoms with Crippen molar-refractivity contribution in [3.8, 4) is 11.5 Å². The maximum absolute atomic E-state index is 12.6. The van der Waals surface area contributed by atoms with Crippen LogP contribution in [0.25, 0.3) is 0 Å². The summed E-state index contributed by atoms with van der Waals surface area (Å²) in [5.41, 5.74) is 2.99. The summed E-state index contributed by atoms with van der Waals surface area (Å²) in [7, 11) is 0. The van der Waals surface area contributed by atoms with Gasteiger partial charge in [-0.2, -0.15) is 0 Å². The lowest BCUT2D eigenvalue weighted by Gasteiger charge is -2.25. The topological polar surface area (TPSA) is 50.8 Å². The number of nitrogens with zero attached hydrogens (tertiary/aromatic N) is 1. The molecule has 0 fully saturated rings. The van der Waals surface area contributed by atoms with Crippen LogP contribution in [-0.4, -0.2) is 32.2 Å². The third kappa shape index (κ3) is 3.58. The van der Waals surface area contributed by atoms with E-state index in [0.29, 0.717) is 42.0 Å². The van der Waals surface area contributed by atoms with Crippen LogP contribution in [0.15, 0.2) is 36.4 Å². The Morgan fingerprint density at radius 3 is 2.73 bits per heavy atom. The van der Waals surface area contributed by atoms with Crippen molar-refractivity contribution in [2.45, 2.75) is 19.3 Å². The fraction of sp³-hybridized carbons (Fsp3) is 0.350. The van der Waals surface area contributed by atoms with Crippen LogP contribution < -0.4 is 19.7 Å². The van der Waals surface area contributed by atoms with Gasteiger partial charge in [0.15, 0.2) is 11.5 Å². The van der Waals surface area contributed by atoms with Crippen LogP contribution in [0.4, 0.5) is 11.4 Å². The van der Waals surface area contributed by atoms with Crippen LogP contribution in [0.5, 0.6) is 11.5 Å².